The Hall–Kier alpha value is -1.30. The highest BCUT2D eigenvalue weighted by molar-refractivity contribution is 7.17. The Bertz CT molecular complexity index is 681. The van der Waals surface area contributed by atoms with Crippen LogP contribution in [-0.2, 0) is 0 Å². The van der Waals surface area contributed by atoms with E-state index in [2.05, 4.69) is 10.6 Å². The van der Waals surface area contributed by atoms with E-state index in [4.69, 9.17) is 16.0 Å². The number of nitrogens with one attached hydrogen (secondary N) is 2. The summed E-state index contributed by atoms with van der Waals surface area (Å²) in [5.74, 6) is 0.703. The van der Waals surface area contributed by atoms with E-state index in [9.17, 15) is 4.79 Å². The molecule has 0 aromatic carbocycles. The molecule has 2 saturated heterocycles. The van der Waals surface area contributed by atoms with Gasteiger partial charge in [0.2, 0.25) is 0 Å². The quantitative estimate of drug-likeness (QED) is 0.911. The Balaban J connectivity index is 1.46. The largest absolute Gasteiger partial charge is 0.444 e. The third-order valence-electron chi connectivity index (χ3n) is 4.26. The Kier molecular flexibility index (Phi) is 3.28. The average molecular weight is 323 g/mol. The zero-order valence-electron chi connectivity index (χ0n) is 11.3. The summed E-state index contributed by atoms with van der Waals surface area (Å²) in [4.78, 5) is 14.0. The van der Waals surface area contributed by atoms with Crippen LogP contribution in [-0.4, -0.2) is 24.0 Å². The van der Waals surface area contributed by atoms with Crippen molar-refractivity contribution < 1.29 is 9.21 Å². The fourth-order valence-corrected chi connectivity index (χ4v) is 4.28. The number of furan rings is 1. The molecule has 0 radical (unpaired) electrons. The van der Waals surface area contributed by atoms with Crippen molar-refractivity contribution >= 4 is 28.8 Å². The van der Waals surface area contributed by atoms with Crippen molar-refractivity contribution in [3.8, 4) is 10.6 Å². The zero-order chi connectivity index (χ0) is 14.4. The zero-order valence-corrected chi connectivity index (χ0v) is 12.8. The number of halogens is 1. The standard InChI is InChI=1S/C15H15ClN2O2S/c16-14-6-3-11(20-14)12-4-5-13(21-12)15(19)18-10-7-8-1-2-9(10)17-8/h3-6,8-10,17H,1-2,7H2,(H,18,19). The van der Waals surface area contributed by atoms with Crippen molar-refractivity contribution in [1.29, 1.82) is 0 Å². The SMILES string of the molecule is O=C(NC1CC2CCC1N2)c1ccc(-c2ccc(Cl)o2)s1. The van der Waals surface area contributed by atoms with Crippen LogP contribution >= 0.6 is 22.9 Å². The Labute approximate surface area is 131 Å². The van der Waals surface area contributed by atoms with Gasteiger partial charge in [0.15, 0.2) is 5.22 Å². The summed E-state index contributed by atoms with van der Waals surface area (Å²) in [6.45, 7) is 0. The first-order valence-corrected chi connectivity index (χ1v) is 8.31. The van der Waals surface area contributed by atoms with Crippen molar-refractivity contribution in [1.82, 2.24) is 10.6 Å². The molecule has 6 heteroatoms. The minimum Gasteiger partial charge on any atom is -0.444 e. The van der Waals surface area contributed by atoms with Gasteiger partial charge in [0, 0.05) is 18.1 Å². The molecule has 3 atom stereocenters. The van der Waals surface area contributed by atoms with Gasteiger partial charge in [-0.2, -0.15) is 0 Å². The predicted molar refractivity (Wildman–Crippen MR) is 82.8 cm³/mol. The third-order valence-corrected chi connectivity index (χ3v) is 5.56. The molecule has 2 aliphatic heterocycles. The molecule has 2 aliphatic rings. The van der Waals surface area contributed by atoms with E-state index in [0.29, 0.717) is 27.9 Å². The normalized spacial score (nSPS) is 27.2. The van der Waals surface area contributed by atoms with E-state index >= 15 is 0 Å². The third kappa shape index (κ3) is 2.50. The maximum absolute atomic E-state index is 12.3. The lowest BCUT2D eigenvalue weighted by Crippen LogP contribution is -2.42. The number of rotatable bonds is 3. The molecule has 1 amide bonds. The fourth-order valence-electron chi connectivity index (χ4n) is 3.26. The Morgan fingerprint density at radius 2 is 2.24 bits per heavy atom. The van der Waals surface area contributed by atoms with Crippen LogP contribution in [0.3, 0.4) is 0 Å². The smallest absolute Gasteiger partial charge is 0.261 e. The molecule has 4 heterocycles. The second kappa shape index (κ2) is 5.16. The monoisotopic (exact) mass is 322 g/mol. The Morgan fingerprint density at radius 3 is 2.90 bits per heavy atom. The first-order chi connectivity index (χ1) is 10.2. The van der Waals surface area contributed by atoms with E-state index in [1.165, 1.54) is 17.8 Å². The van der Waals surface area contributed by atoms with Crippen LogP contribution in [0.5, 0.6) is 0 Å². The fraction of sp³-hybridized carbons (Fsp3) is 0.400. The summed E-state index contributed by atoms with van der Waals surface area (Å²) in [6.07, 6.45) is 3.44. The van der Waals surface area contributed by atoms with Crippen molar-refractivity contribution in [2.75, 3.05) is 0 Å². The van der Waals surface area contributed by atoms with Gasteiger partial charge in [-0.3, -0.25) is 4.79 Å². The highest BCUT2D eigenvalue weighted by Gasteiger charge is 2.39. The van der Waals surface area contributed by atoms with Crippen molar-refractivity contribution in [2.24, 2.45) is 0 Å². The van der Waals surface area contributed by atoms with Crippen LogP contribution in [0.2, 0.25) is 5.22 Å². The van der Waals surface area contributed by atoms with Crippen LogP contribution in [0.4, 0.5) is 0 Å². The number of carbonyl (C=O) groups is 1. The summed E-state index contributed by atoms with van der Waals surface area (Å²) >= 11 is 7.21. The summed E-state index contributed by atoms with van der Waals surface area (Å²) in [5.41, 5.74) is 0. The molecular weight excluding hydrogens is 308 g/mol. The van der Waals surface area contributed by atoms with E-state index < -0.39 is 0 Å². The number of hydrogen-bond acceptors (Lipinski definition) is 4. The minimum atomic E-state index is 0.00301. The van der Waals surface area contributed by atoms with Gasteiger partial charge >= 0.3 is 0 Å². The minimum absolute atomic E-state index is 0.00301. The Morgan fingerprint density at radius 1 is 1.33 bits per heavy atom. The summed E-state index contributed by atoms with van der Waals surface area (Å²) in [7, 11) is 0. The molecule has 4 rings (SSSR count). The topological polar surface area (TPSA) is 54.3 Å². The van der Waals surface area contributed by atoms with Gasteiger partial charge in [-0.05, 0) is 55.1 Å². The first kappa shape index (κ1) is 13.4. The highest BCUT2D eigenvalue weighted by atomic mass is 35.5. The highest BCUT2D eigenvalue weighted by Crippen LogP contribution is 2.32. The van der Waals surface area contributed by atoms with Crippen LogP contribution in [0.1, 0.15) is 28.9 Å². The number of fused-ring (bicyclic) bond motifs is 2. The van der Waals surface area contributed by atoms with E-state index in [-0.39, 0.29) is 11.9 Å². The lowest BCUT2D eigenvalue weighted by molar-refractivity contribution is 0.0935. The molecule has 21 heavy (non-hydrogen) atoms. The van der Waals surface area contributed by atoms with Gasteiger partial charge < -0.3 is 15.1 Å². The van der Waals surface area contributed by atoms with E-state index in [1.807, 2.05) is 18.2 Å². The molecule has 0 aliphatic carbocycles. The molecule has 2 fully saturated rings. The molecule has 0 saturated carbocycles. The van der Waals surface area contributed by atoms with Crippen LogP contribution in [0.15, 0.2) is 28.7 Å². The van der Waals surface area contributed by atoms with Gasteiger partial charge in [-0.15, -0.1) is 11.3 Å². The lowest BCUT2D eigenvalue weighted by atomic mass is 9.95. The average Bonchev–Trinajstić information content (AvgIpc) is 3.22. The first-order valence-electron chi connectivity index (χ1n) is 7.11. The molecule has 0 spiro atoms. The maximum Gasteiger partial charge on any atom is 0.261 e. The van der Waals surface area contributed by atoms with Crippen molar-refractivity contribution in [2.45, 2.75) is 37.4 Å². The van der Waals surface area contributed by atoms with Crippen LogP contribution < -0.4 is 10.6 Å². The lowest BCUT2D eigenvalue weighted by Gasteiger charge is -2.20. The summed E-state index contributed by atoms with van der Waals surface area (Å²) < 4.78 is 5.37. The maximum atomic E-state index is 12.3. The summed E-state index contributed by atoms with van der Waals surface area (Å²) in [6, 6.07) is 8.55. The van der Waals surface area contributed by atoms with Gasteiger partial charge in [-0.1, -0.05) is 0 Å². The van der Waals surface area contributed by atoms with Gasteiger partial charge in [-0.25, -0.2) is 0 Å². The second-order valence-electron chi connectivity index (χ2n) is 5.63. The number of amides is 1. The summed E-state index contributed by atoms with van der Waals surface area (Å²) in [5, 5.41) is 7.04. The second-order valence-corrected chi connectivity index (χ2v) is 7.09. The molecule has 3 unspecified atom stereocenters. The molecule has 2 aromatic rings. The van der Waals surface area contributed by atoms with E-state index in [1.54, 1.807) is 6.07 Å². The van der Waals surface area contributed by atoms with Crippen molar-refractivity contribution in [3.05, 3.63) is 34.4 Å². The van der Waals surface area contributed by atoms with Gasteiger partial charge in [0.1, 0.15) is 5.76 Å². The molecule has 110 valence electrons. The molecule has 2 aromatic heterocycles. The van der Waals surface area contributed by atoms with Gasteiger partial charge in [0.25, 0.3) is 5.91 Å². The number of hydrogen-bond donors (Lipinski definition) is 2. The number of carbonyl (C=O) groups excluding carboxylic acids is 1. The number of thiophene rings is 1. The predicted octanol–water partition coefficient (Wildman–Crippen LogP) is 3.28. The van der Waals surface area contributed by atoms with E-state index in [0.717, 1.165) is 17.7 Å². The van der Waals surface area contributed by atoms with Crippen molar-refractivity contribution in [3.63, 3.8) is 0 Å². The molecular formula is C15H15ClN2O2S. The van der Waals surface area contributed by atoms with Crippen LogP contribution in [0.25, 0.3) is 10.6 Å². The molecule has 2 N–H and O–H groups in total. The molecule has 2 bridgehead atoms. The van der Waals surface area contributed by atoms with Crippen LogP contribution in [0, 0.1) is 0 Å². The van der Waals surface area contributed by atoms with Gasteiger partial charge in [0.05, 0.1) is 9.75 Å². The molecule has 4 nitrogen and oxygen atoms in total.